The van der Waals surface area contributed by atoms with Crippen molar-refractivity contribution < 1.29 is 9.53 Å². The summed E-state index contributed by atoms with van der Waals surface area (Å²) < 4.78 is 5.67. The fraction of sp³-hybridized carbons (Fsp3) is 0.235. The molecule has 0 aliphatic heterocycles. The predicted octanol–water partition coefficient (Wildman–Crippen LogP) is 4.96. The number of anilines is 1. The van der Waals surface area contributed by atoms with Crippen LogP contribution in [0.3, 0.4) is 0 Å². The van der Waals surface area contributed by atoms with Gasteiger partial charge in [0.25, 0.3) is 5.91 Å². The molecule has 1 unspecified atom stereocenters. The van der Waals surface area contributed by atoms with E-state index in [2.05, 4.69) is 12.2 Å². The molecule has 0 radical (unpaired) electrons. The van der Waals surface area contributed by atoms with E-state index in [9.17, 15) is 4.79 Å². The molecule has 2 aromatic rings. The minimum Gasteiger partial charge on any atom is -0.481 e. The molecule has 0 fully saturated rings. The molecule has 1 atom stereocenters. The van der Waals surface area contributed by atoms with E-state index in [0.717, 1.165) is 12.0 Å². The van der Waals surface area contributed by atoms with Crippen LogP contribution < -0.4 is 10.1 Å². The van der Waals surface area contributed by atoms with E-state index < -0.39 is 6.10 Å². The lowest BCUT2D eigenvalue weighted by molar-refractivity contribution is -0.122. The van der Waals surface area contributed by atoms with E-state index >= 15 is 0 Å². The van der Waals surface area contributed by atoms with E-state index in [1.807, 2.05) is 24.3 Å². The second kappa shape index (κ2) is 7.52. The molecule has 22 heavy (non-hydrogen) atoms. The average Bonchev–Trinajstić information content (AvgIpc) is 2.46. The molecule has 0 saturated carbocycles. The Kier molecular flexibility index (Phi) is 5.69. The van der Waals surface area contributed by atoms with Gasteiger partial charge >= 0.3 is 0 Å². The lowest BCUT2D eigenvalue weighted by Gasteiger charge is -2.15. The Balaban J connectivity index is 2.02. The Morgan fingerprint density at radius 1 is 1.18 bits per heavy atom. The van der Waals surface area contributed by atoms with Crippen molar-refractivity contribution in [3.05, 3.63) is 58.1 Å². The van der Waals surface area contributed by atoms with Crippen molar-refractivity contribution in [2.24, 2.45) is 0 Å². The third-order valence-electron chi connectivity index (χ3n) is 3.12. The molecule has 0 heterocycles. The number of rotatable bonds is 5. The third kappa shape index (κ3) is 4.65. The minimum atomic E-state index is -0.634. The van der Waals surface area contributed by atoms with Gasteiger partial charge in [-0.2, -0.15) is 0 Å². The van der Waals surface area contributed by atoms with Gasteiger partial charge in [0.15, 0.2) is 6.10 Å². The number of amides is 1. The van der Waals surface area contributed by atoms with E-state index in [0.29, 0.717) is 21.5 Å². The van der Waals surface area contributed by atoms with E-state index in [1.54, 1.807) is 25.1 Å². The molecule has 5 heteroatoms. The molecule has 0 bridgehead atoms. The molecule has 0 spiro atoms. The Labute approximate surface area is 140 Å². The normalized spacial score (nSPS) is 11.8. The molecular formula is C17H17Cl2NO2. The number of carbonyl (C=O) groups excluding carboxylic acids is 1. The first kappa shape index (κ1) is 16.7. The first-order chi connectivity index (χ1) is 10.5. The molecule has 0 aliphatic rings. The number of nitrogens with one attached hydrogen (secondary N) is 1. The smallest absolute Gasteiger partial charge is 0.265 e. The van der Waals surface area contributed by atoms with Crippen LogP contribution in [-0.2, 0) is 11.2 Å². The van der Waals surface area contributed by atoms with Gasteiger partial charge < -0.3 is 10.1 Å². The van der Waals surface area contributed by atoms with Crippen LogP contribution in [0.2, 0.25) is 10.0 Å². The summed E-state index contributed by atoms with van der Waals surface area (Å²) in [7, 11) is 0. The van der Waals surface area contributed by atoms with Gasteiger partial charge in [-0.15, -0.1) is 0 Å². The topological polar surface area (TPSA) is 38.3 Å². The first-order valence-corrected chi connectivity index (χ1v) is 7.76. The molecule has 0 aliphatic carbocycles. The highest BCUT2D eigenvalue weighted by molar-refractivity contribution is 6.35. The summed E-state index contributed by atoms with van der Waals surface area (Å²) in [6.45, 7) is 3.76. The lowest BCUT2D eigenvalue weighted by atomic mass is 10.2. The number of benzene rings is 2. The van der Waals surface area contributed by atoms with Gasteiger partial charge in [-0.1, -0.05) is 42.3 Å². The Morgan fingerprint density at radius 2 is 1.86 bits per heavy atom. The number of carbonyl (C=O) groups is 1. The van der Waals surface area contributed by atoms with Crippen molar-refractivity contribution in [3.63, 3.8) is 0 Å². The number of halogens is 2. The molecule has 2 aromatic carbocycles. The SMILES string of the molecule is CCc1cccc(OC(C)C(=O)Nc2cc(Cl)cc(Cl)c2)c1. The maximum Gasteiger partial charge on any atom is 0.265 e. The van der Waals surface area contributed by atoms with Crippen LogP contribution >= 0.6 is 23.2 Å². The molecule has 0 aromatic heterocycles. The number of ether oxygens (including phenoxy) is 1. The zero-order chi connectivity index (χ0) is 16.1. The number of hydrogen-bond acceptors (Lipinski definition) is 2. The van der Waals surface area contributed by atoms with Gasteiger partial charge in [0.05, 0.1) is 0 Å². The summed E-state index contributed by atoms with van der Waals surface area (Å²) >= 11 is 11.8. The van der Waals surface area contributed by atoms with Gasteiger partial charge in [0, 0.05) is 15.7 Å². The Morgan fingerprint density at radius 3 is 2.50 bits per heavy atom. The molecule has 1 amide bonds. The van der Waals surface area contributed by atoms with Gasteiger partial charge in [-0.05, 0) is 49.2 Å². The van der Waals surface area contributed by atoms with Crippen LogP contribution in [0.5, 0.6) is 5.75 Å². The maximum absolute atomic E-state index is 12.2. The quantitative estimate of drug-likeness (QED) is 0.837. The monoisotopic (exact) mass is 337 g/mol. The van der Waals surface area contributed by atoms with Crippen LogP contribution in [0.1, 0.15) is 19.4 Å². The predicted molar refractivity (Wildman–Crippen MR) is 91.0 cm³/mol. The number of hydrogen-bond donors (Lipinski definition) is 1. The summed E-state index contributed by atoms with van der Waals surface area (Å²) in [5.74, 6) is 0.409. The molecule has 1 N–H and O–H groups in total. The summed E-state index contributed by atoms with van der Waals surface area (Å²) in [5.41, 5.74) is 1.70. The highest BCUT2D eigenvalue weighted by Gasteiger charge is 2.15. The van der Waals surface area contributed by atoms with E-state index in [1.165, 1.54) is 0 Å². The van der Waals surface area contributed by atoms with Crippen LogP contribution in [0, 0.1) is 0 Å². The fourth-order valence-corrected chi connectivity index (χ4v) is 2.49. The van der Waals surface area contributed by atoms with Gasteiger partial charge in [-0.3, -0.25) is 4.79 Å². The Bertz CT molecular complexity index is 653. The number of aryl methyl sites for hydroxylation is 1. The van der Waals surface area contributed by atoms with Crippen LogP contribution in [0.4, 0.5) is 5.69 Å². The molecule has 116 valence electrons. The minimum absolute atomic E-state index is 0.264. The zero-order valence-electron chi connectivity index (χ0n) is 12.4. The van der Waals surface area contributed by atoms with Gasteiger partial charge in [-0.25, -0.2) is 0 Å². The van der Waals surface area contributed by atoms with Crippen molar-refractivity contribution in [2.45, 2.75) is 26.4 Å². The van der Waals surface area contributed by atoms with Crippen molar-refractivity contribution in [3.8, 4) is 5.75 Å². The summed E-state index contributed by atoms with van der Waals surface area (Å²) in [5, 5.41) is 3.67. The van der Waals surface area contributed by atoms with Crippen molar-refractivity contribution in [1.82, 2.24) is 0 Å². The Hall–Kier alpha value is -1.71. The average molecular weight is 338 g/mol. The first-order valence-electron chi connectivity index (χ1n) is 7.00. The highest BCUT2D eigenvalue weighted by Crippen LogP contribution is 2.23. The zero-order valence-corrected chi connectivity index (χ0v) is 13.9. The van der Waals surface area contributed by atoms with Crippen molar-refractivity contribution >= 4 is 34.8 Å². The second-order valence-corrected chi connectivity index (χ2v) is 5.78. The van der Waals surface area contributed by atoms with E-state index in [4.69, 9.17) is 27.9 Å². The van der Waals surface area contributed by atoms with Crippen LogP contribution in [-0.4, -0.2) is 12.0 Å². The largest absolute Gasteiger partial charge is 0.481 e. The van der Waals surface area contributed by atoms with Crippen molar-refractivity contribution in [1.29, 1.82) is 0 Å². The standard InChI is InChI=1S/C17H17Cl2NO2/c1-3-12-5-4-6-16(7-12)22-11(2)17(21)20-15-9-13(18)8-14(19)10-15/h4-11H,3H2,1-2H3,(H,20,21). The van der Waals surface area contributed by atoms with Crippen molar-refractivity contribution in [2.75, 3.05) is 5.32 Å². The highest BCUT2D eigenvalue weighted by atomic mass is 35.5. The summed E-state index contributed by atoms with van der Waals surface area (Å²) in [6.07, 6.45) is 0.281. The summed E-state index contributed by atoms with van der Waals surface area (Å²) in [4.78, 5) is 12.2. The fourth-order valence-electron chi connectivity index (χ4n) is 1.97. The van der Waals surface area contributed by atoms with Gasteiger partial charge in [0.1, 0.15) is 5.75 Å². The molecule has 0 saturated heterocycles. The van der Waals surface area contributed by atoms with E-state index in [-0.39, 0.29) is 5.91 Å². The second-order valence-electron chi connectivity index (χ2n) is 4.91. The molecular weight excluding hydrogens is 321 g/mol. The third-order valence-corrected chi connectivity index (χ3v) is 3.56. The molecule has 3 nitrogen and oxygen atoms in total. The summed E-state index contributed by atoms with van der Waals surface area (Å²) in [6, 6.07) is 12.6. The van der Waals surface area contributed by atoms with Gasteiger partial charge in [0.2, 0.25) is 0 Å². The maximum atomic E-state index is 12.2. The molecule has 2 rings (SSSR count). The van der Waals surface area contributed by atoms with Crippen LogP contribution in [0.15, 0.2) is 42.5 Å². The van der Waals surface area contributed by atoms with Crippen LogP contribution in [0.25, 0.3) is 0 Å². The lowest BCUT2D eigenvalue weighted by Crippen LogP contribution is -2.30.